The Hall–Kier alpha value is -2.58. The number of carbonyl (C=O) groups excluding carboxylic acids is 1. The minimum Gasteiger partial charge on any atom is -0.497 e. The van der Waals surface area contributed by atoms with E-state index in [2.05, 4.69) is 10.0 Å². The Kier molecular flexibility index (Phi) is 7.63. The van der Waals surface area contributed by atoms with Crippen LogP contribution >= 0.6 is 0 Å². The number of carbonyl (C=O) groups is 1. The van der Waals surface area contributed by atoms with Crippen LogP contribution in [0, 0.1) is 0 Å². The zero-order valence-corrected chi connectivity index (χ0v) is 16.2. The van der Waals surface area contributed by atoms with Gasteiger partial charge in [0.2, 0.25) is 10.0 Å². The molecule has 2 N–H and O–H groups in total. The smallest absolute Gasteiger partial charge is 0.262 e. The lowest BCUT2D eigenvalue weighted by Gasteiger charge is -2.10. The molecular weight excluding hydrogens is 368 g/mol. The number of methoxy groups -OCH3 is 1. The summed E-state index contributed by atoms with van der Waals surface area (Å²) in [5, 5.41) is 2.70. The number of anilines is 1. The van der Waals surface area contributed by atoms with Crippen LogP contribution in [0.1, 0.15) is 19.8 Å². The molecule has 2 rings (SSSR count). The molecule has 0 saturated heterocycles. The largest absolute Gasteiger partial charge is 0.497 e. The molecule has 27 heavy (non-hydrogen) atoms. The second-order valence-electron chi connectivity index (χ2n) is 5.79. The van der Waals surface area contributed by atoms with Gasteiger partial charge in [0.25, 0.3) is 5.91 Å². The number of unbranched alkanes of at least 4 members (excludes halogenated alkanes) is 1. The average molecular weight is 392 g/mol. The lowest BCUT2D eigenvalue weighted by molar-refractivity contribution is -0.118. The third-order valence-corrected chi connectivity index (χ3v) is 5.16. The van der Waals surface area contributed by atoms with E-state index in [-0.39, 0.29) is 17.4 Å². The summed E-state index contributed by atoms with van der Waals surface area (Å²) in [5.74, 6) is 0.711. The third kappa shape index (κ3) is 6.58. The van der Waals surface area contributed by atoms with Crippen molar-refractivity contribution in [2.75, 3.05) is 25.6 Å². The van der Waals surface area contributed by atoms with Crippen molar-refractivity contribution in [1.82, 2.24) is 4.72 Å². The van der Waals surface area contributed by atoms with Crippen LogP contribution in [-0.2, 0) is 14.8 Å². The van der Waals surface area contributed by atoms with E-state index in [0.717, 1.165) is 12.8 Å². The number of nitrogens with one attached hydrogen (secondary N) is 2. The molecule has 146 valence electrons. The lowest BCUT2D eigenvalue weighted by Crippen LogP contribution is -2.24. The number of hydrogen-bond donors (Lipinski definition) is 2. The van der Waals surface area contributed by atoms with Crippen molar-refractivity contribution in [2.45, 2.75) is 24.7 Å². The van der Waals surface area contributed by atoms with E-state index in [4.69, 9.17) is 9.47 Å². The van der Waals surface area contributed by atoms with Gasteiger partial charge in [-0.3, -0.25) is 4.79 Å². The summed E-state index contributed by atoms with van der Waals surface area (Å²) in [6, 6.07) is 12.9. The highest BCUT2D eigenvalue weighted by atomic mass is 32.2. The Bertz CT molecular complexity index is 851. The Labute approximate surface area is 159 Å². The molecule has 0 fully saturated rings. The van der Waals surface area contributed by atoms with Gasteiger partial charge >= 0.3 is 0 Å². The first-order valence-electron chi connectivity index (χ1n) is 8.61. The molecule has 0 aromatic heterocycles. The second-order valence-corrected chi connectivity index (χ2v) is 7.56. The predicted octanol–water partition coefficient (Wildman–Crippen LogP) is 2.79. The van der Waals surface area contributed by atoms with E-state index in [9.17, 15) is 13.2 Å². The van der Waals surface area contributed by atoms with Crippen molar-refractivity contribution in [2.24, 2.45) is 0 Å². The highest BCUT2D eigenvalue weighted by Gasteiger charge is 2.13. The summed E-state index contributed by atoms with van der Waals surface area (Å²) in [6.45, 7) is 2.20. The molecule has 7 nitrogen and oxygen atoms in total. The summed E-state index contributed by atoms with van der Waals surface area (Å²) in [4.78, 5) is 12.1. The fourth-order valence-corrected chi connectivity index (χ4v) is 3.30. The molecular formula is C19H24N2O5S. The molecule has 0 atom stereocenters. The molecule has 0 unspecified atom stereocenters. The minimum atomic E-state index is -3.52. The van der Waals surface area contributed by atoms with Gasteiger partial charge in [0, 0.05) is 18.3 Å². The lowest BCUT2D eigenvalue weighted by atomic mass is 10.3. The molecule has 2 aromatic carbocycles. The number of benzene rings is 2. The molecule has 8 heteroatoms. The fourth-order valence-electron chi connectivity index (χ4n) is 2.23. The van der Waals surface area contributed by atoms with E-state index in [1.54, 1.807) is 31.4 Å². The fraction of sp³-hybridized carbons (Fsp3) is 0.316. The number of hydrogen-bond acceptors (Lipinski definition) is 5. The van der Waals surface area contributed by atoms with Gasteiger partial charge in [-0.15, -0.1) is 0 Å². The van der Waals surface area contributed by atoms with Gasteiger partial charge in [-0.25, -0.2) is 13.1 Å². The summed E-state index contributed by atoms with van der Waals surface area (Å²) in [7, 11) is -1.98. The van der Waals surface area contributed by atoms with Crippen molar-refractivity contribution in [3.63, 3.8) is 0 Å². The SMILES string of the molecule is CCCCNS(=O)(=O)c1ccc(OCC(=O)Nc2cccc(OC)c2)cc1. The Morgan fingerprint density at radius 1 is 1.07 bits per heavy atom. The summed E-state index contributed by atoms with van der Waals surface area (Å²) >= 11 is 0. The molecule has 0 bridgehead atoms. The second kappa shape index (κ2) is 9.94. The maximum Gasteiger partial charge on any atom is 0.262 e. The van der Waals surface area contributed by atoms with Crippen LogP contribution in [0.5, 0.6) is 11.5 Å². The monoisotopic (exact) mass is 392 g/mol. The highest BCUT2D eigenvalue weighted by Crippen LogP contribution is 2.18. The first-order valence-corrected chi connectivity index (χ1v) is 10.1. The van der Waals surface area contributed by atoms with Crippen LogP contribution in [0.15, 0.2) is 53.4 Å². The van der Waals surface area contributed by atoms with Gasteiger partial charge in [-0.1, -0.05) is 19.4 Å². The van der Waals surface area contributed by atoms with Crippen LogP contribution in [0.25, 0.3) is 0 Å². The summed E-state index contributed by atoms with van der Waals surface area (Å²) < 4.78 is 37.3. The van der Waals surface area contributed by atoms with Crippen LogP contribution in [0.2, 0.25) is 0 Å². The van der Waals surface area contributed by atoms with Gasteiger partial charge in [-0.2, -0.15) is 0 Å². The van der Waals surface area contributed by atoms with E-state index in [1.807, 2.05) is 6.92 Å². The van der Waals surface area contributed by atoms with Gasteiger partial charge in [-0.05, 0) is 42.8 Å². The first kappa shape index (κ1) is 20.7. The number of amides is 1. The molecule has 2 aromatic rings. The molecule has 0 spiro atoms. The maximum absolute atomic E-state index is 12.1. The van der Waals surface area contributed by atoms with Crippen LogP contribution in [-0.4, -0.2) is 34.6 Å². The van der Waals surface area contributed by atoms with Gasteiger partial charge in [0.05, 0.1) is 12.0 Å². The van der Waals surface area contributed by atoms with Crippen molar-refractivity contribution < 1.29 is 22.7 Å². The average Bonchev–Trinajstić information content (AvgIpc) is 2.67. The Balaban J connectivity index is 1.88. The van der Waals surface area contributed by atoms with Gasteiger partial charge in [0.15, 0.2) is 6.61 Å². The van der Waals surface area contributed by atoms with E-state index >= 15 is 0 Å². The van der Waals surface area contributed by atoms with Crippen molar-refractivity contribution in [3.8, 4) is 11.5 Å². The molecule has 0 aliphatic rings. The van der Waals surface area contributed by atoms with Crippen molar-refractivity contribution in [3.05, 3.63) is 48.5 Å². The molecule has 0 radical (unpaired) electrons. The van der Waals surface area contributed by atoms with Crippen molar-refractivity contribution in [1.29, 1.82) is 0 Å². The maximum atomic E-state index is 12.1. The zero-order chi connectivity index (χ0) is 19.7. The van der Waals surface area contributed by atoms with Crippen LogP contribution in [0.4, 0.5) is 5.69 Å². The number of sulfonamides is 1. The normalized spacial score (nSPS) is 11.0. The standard InChI is InChI=1S/C19H24N2O5S/c1-3-4-12-20-27(23,24)18-10-8-16(9-11-18)26-14-19(22)21-15-6-5-7-17(13-15)25-2/h5-11,13,20H,3-4,12,14H2,1-2H3,(H,21,22). The van der Waals surface area contributed by atoms with Crippen molar-refractivity contribution >= 4 is 21.6 Å². The highest BCUT2D eigenvalue weighted by molar-refractivity contribution is 7.89. The molecule has 0 heterocycles. The molecule has 0 aliphatic carbocycles. The third-order valence-electron chi connectivity index (χ3n) is 3.68. The van der Waals surface area contributed by atoms with Gasteiger partial charge in [0.1, 0.15) is 11.5 Å². The van der Waals surface area contributed by atoms with Crippen LogP contribution in [0.3, 0.4) is 0 Å². The quantitative estimate of drug-likeness (QED) is 0.607. The van der Waals surface area contributed by atoms with Gasteiger partial charge < -0.3 is 14.8 Å². The number of ether oxygens (including phenoxy) is 2. The molecule has 0 saturated carbocycles. The molecule has 1 amide bonds. The minimum absolute atomic E-state index is 0.159. The summed E-state index contributed by atoms with van der Waals surface area (Å²) in [5.41, 5.74) is 0.600. The van der Waals surface area contributed by atoms with E-state index < -0.39 is 10.0 Å². The zero-order valence-electron chi connectivity index (χ0n) is 15.4. The molecule has 0 aliphatic heterocycles. The van der Waals surface area contributed by atoms with Crippen LogP contribution < -0.4 is 19.5 Å². The Morgan fingerprint density at radius 2 is 1.81 bits per heavy atom. The van der Waals surface area contributed by atoms with E-state index in [1.165, 1.54) is 24.3 Å². The Morgan fingerprint density at radius 3 is 2.48 bits per heavy atom. The summed E-state index contributed by atoms with van der Waals surface area (Å²) in [6.07, 6.45) is 1.69. The number of rotatable bonds is 10. The first-order chi connectivity index (χ1) is 12.9. The topological polar surface area (TPSA) is 93.7 Å². The predicted molar refractivity (Wildman–Crippen MR) is 104 cm³/mol. The van der Waals surface area contributed by atoms with E-state index in [0.29, 0.717) is 23.7 Å².